The molecule has 0 aliphatic heterocycles. The highest BCUT2D eigenvalue weighted by atomic mass is 32.3. The zero-order valence-electron chi connectivity index (χ0n) is 9.92. The molecule has 0 rings (SSSR count). The van der Waals surface area contributed by atoms with Gasteiger partial charge in [-0.25, -0.2) is 8.42 Å². The van der Waals surface area contributed by atoms with Crippen LogP contribution in [0, 0.1) is 0 Å². The first-order chi connectivity index (χ1) is 6.46. The molecule has 0 saturated carbocycles. The minimum Gasteiger partial charge on any atom is -0.726 e. The molecule has 0 saturated heterocycles. The van der Waals surface area contributed by atoms with Crippen molar-refractivity contribution in [1.82, 2.24) is 9.80 Å². The van der Waals surface area contributed by atoms with Crippen LogP contribution in [0.3, 0.4) is 0 Å². The predicted molar refractivity (Wildman–Crippen MR) is 56.8 cm³/mol. The van der Waals surface area contributed by atoms with Gasteiger partial charge < -0.3 is 4.55 Å². The van der Waals surface area contributed by atoms with Crippen LogP contribution in [0.5, 0.6) is 0 Å². The van der Waals surface area contributed by atoms with Crippen LogP contribution in [0.25, 0.3) is 0 Å². The lowest BCUT2D eigenvalue weighted by Crippen LogP contribution is -2.40. The lowest BCUT2D eigenvalue weighted by atomic mass is 10.7. The Kier molecular flexibility index (Phi) is 7.28. The molecule has 0 aromatic heterocycles. The fourth-order valence-corrected chi connectivity index (χ4v) is 1.20. The van der Waals surface area contributed by atoms with Crippen LogP contribution in [-0.2, 0) is 10.4 Å². The normalized spacial score (nSPS) is 9.87. The first kappa shape index (κ1) is 16.6. The van der Waals surface area contributed by atoms with E-state index in [2.05, 4.69) is 14.4 Å². The Hall–Kier alpha value is -0.860. The van der Waals surface area contributed by atoms with Crippen molar-refractivity contribution in [3.63, 3.8) is 0 Å². The molecule has 0 atom stereocenters. The molecule has 0 radical (unpaired) electrons. The standard InChI is InChI=1S/C7H18N3.H2O4S/c1-8(2)7(9(3)4)10(5)6;1-5(2,3)4/h1-6H3;(H2,1,2,3,4)/q+1;/p-1. The molecule has 0 spiro atoms. The van der Waals surface area contributed by atoms with E-state index in [0.29, 0.717) is 0 Å². The van der Waals surface area contributed by atoms with Gasteiger partial charge in [0.05, 0.1) is 42.3 Å². The van der Waals surface area contributed by atoms with Crippen molar-refractivity contribution in [2.24, 2.45) is 0 Å². The van der Waals surface area contributed by atoms with E-state index in [-0.39, 0.29) is 0 Å². The SMILES string of the molecule is CN(C)C(N(C)C)=[N+](C)C.O=S(=O)([O-])O. The van der Waals surface area contributed by atoms with Crippen molar-refractivity contribution < 1.29 is 22.1 Å². The minimum atomic E-state index is -4.92. The molecule has 7 nitrogen and oxygen atoms in total. The van der Waals surface area contributed by atoms with Crippen LogP contribution >= 0.6 is 0 Å². The fraction of sp³-hybridized carbons (Fsp3) is 0.857. The molecule has 92 valence electrons. The van der Waals surface area contributed by atoms with Gasteiger partial charge in [0.1, 0.15) is 0 Å². The van der Waals surface area contributed by atoms with Crippen LogP contribution in [0.2, 0.25) is 0 Å². The summed E-state index contributed by atoms with van der Waals surface area (Å²) in [4.78, 5) is 4.17. The van der Waals surface area contributed by atoms with Crippen LogP contribution in [-0.4, -0.2) is 80.1 Å². The minimum absolute atomic E-state index is 1.19. The first-order valence-corrected chi connectivity index (χ1v) is 5.40. The number of nitrogens with zero attached hydrogens (tertiary/aromatic N) is 3. The molecule has 8 heteroatoms. The lowest BCUT2D eigenvalue weighted by molar-refractivity contribution is -0.475. The highest BCUT2D eigenvalue weighted by Gasteiger charge is 2.12. The van der Waals surface area contributed by atoms with Gasteiger partial charge in [-0.05, 0) is 0 Å². The highest BCUT2D eigenvalue weighted by molar-refractivity contribution is 7.79. The van der Waals surface area contributed by atoms with E-state index in [1.54, 1.807) is 0 Å². The smallest absolute Gasteiger partial charge is 0.349 e. The van der Waals surface area contributed by atoms with Gasteiger partial charge in [0.2, 0.25) is 10.4 Å². The van der Waals surface area contributed by atoms with Crippen molar-refractivity contribution in [2.45, 2.75) is 0 Å². The van der Waals surface area contributed by atoms with E-state index < -0.39 is 10.4 Å². The summed E-state index contributed by atoms with van der Waals surface area (Å²) in [6, 6.07) is 0. The molecule has 0 aromatic carbocycles. The molecule has 0 unspecified atom stereocenters. The van der Waals surface area contributed by atoms with Crippen molar-refractivity contribution in [3.05, 3.63) is 0 Å². The molecular formula is C7H19N3O4S. The molecule has 0 heterocycles. The van der Waals surface area contributed by atoms with Crippen molar-refractivity contribution in [3.8, 4) is 0 Å². The molecule has 0 aromatic rings. The summed E-state index contributed by atoms with van der Waals surface area (Å²) in [5.74, 6) is 1.19. The van der Waals surface area contributed by atoms with Gasteiger partial charge >= 0.3 is 5.96 Å². The van der Waals surface area contributed by atoms with Gasteiger partial charge in [0.25, 0.3) is 0 Å². The van der Waals surface area contributed by atoms with Crippen LogP contribution in [0.4, 0.5) is 0 Å². The van der Waals surface area contributed by atoms with Gasteiger partial charge in [0.15, 0.2) is 0 Å². The Morgan fingerprint density at radius 1 is 1.13 bits per heavy atom. The molecular weight excluding hydrogens is 222 g/mol. The monoisotopic (exact) mass is 241 g/mol. The average Bonchev–Trinajstić information content (AvgIpc) is 1.77. The summed E-state index contributed by atoms with van der Waals surface area (Å²) in [5, 5.41) is 0. The summed E-state index contributed by atoms with van der Waals surface area (Å²) in [6.45, 7) is 0. The molecule has 15 heavy (non-hydrogen) atoms. The van der Waals surface area contributed by atoms with E-state index in [1.807, 2.05) is 42.3 Å². The van der Waals surface area contributed by atoms with Gasteiger partial charge in [-0.1, -0.05) is 0 Å². The van der Waals surface area contributed by atoms with E-state index >= 15 is 0 Å². The van der Waals surface area contributed by atoms with Crippen LogP contribution < -0.4 is 0 Å². The van der Waals surface area contributed by atoms with Crippen LogP contribution in [0.15, 0.2) is 0 Å². The Labute approximate surface area is 91.2 Å². The number of guanidine groups is 1. The molecule has 0 aliphatic rings. The fourth-order valence-electron chi connectivity index (χ4n) is 1.20. The topological polar surface area (TPSA) is 86.9 Å². The largest absolute Gasteiger partial charge is 0.726 e. The average molecular weight is 241 g/mol. The highest BCUT2D eigenvalue weighted by Crippen LogP contribution is 1.84. The maximum atomic E-state index is 8.63. The maximum absolute atomic E-state index is 8.63. The summed E-state index contributed by atoms with van der Waals surface area (Å²) >= 11 is 0. The van der Waals surface area contributed by atoms with Crippen molar-refractivity contribution in [1.29, 1.82) is 0 Å². The van der Waals surface area contributed by atoms with E-state index in [4.69, 9.17) is 17.5 Å². The second-order valence-electron chi connectivity index (χ2n) is 3.41. The molecule has 1 N–H and O–H groups in total. The summed E-state index contributed by atoms with van der Waals surface area (Å²) in [5.41, 5.74) is 0. The Balaban J connectivity index is 0. The second kappa shape index (κ2) is 6.59. The zero-order chi connectivity index (χ0) is 12.8. The molecule has 0 aliphatic carbocycles. The maximum Gasteiger partial charge on any atom is 0.349 e. The third kappa shape index (κ3) is 13.1. The third-order valence-corrected chi connectivity index (χ3v) is 1.20. The molecule has 0 fully saturated rings. The Morgan fingerprint density at radius 3 is 1.33 bits per heavy atom. The Morgan fingerprint density at radius 2 is 1.33 bits per heavy atom. The summed E-state index contributed by atoms with van der Waals surface area (Å²) in [7, 11) is 7.31. The quantitative estimate of drug-likeness (QED) is 0.187. The van der Waals surface area contributed by atoms with Crippen molar-refractivity contribution in [2.75, 3.05) is 42.3 Å². The lowest BCUT2D eigenvalue weighted by Gasteiger charge is -2.16. The van der Waals surface area contributed by atoms with E-state index in [1.165, 1.54) is 5.96 Å². The number of hydrogen-bond acceptors (Lipinski definition) is 3. The van der Waals surface area contributed by atoms with Gasteiger partial charge in [0, 0.05) is 0 Å². The van der Waals surface area contributed by atoms with E-state index in [9.17, 15) is 0 Å². The second-order valence-corrected chi connectivity index (χ2v) is 4.27. The third-order valence-electron chi connectivity index (χ3n) is 1.20. The number of rotatable bonds is 0. The summed E-state index contributed by atoms with van der Waals surface area (Å²) in [6.07, 6.45) is 0. The molecule has 0 amide bonds. The first-order valence-electron chi connectivity index (χ1n) is 4.04. The zero-order valence-corrected chi connectivity index (χ0v) is 10.7. The predicted octanol–water partition coefficient (Wildman–Crippen LogP) is -1.26. The van der Waals surface area contributed by atoms with Gasteiger partial charge in [-0.3, -0.25) is 18.9 Å². The Bertz CT molecular complexity index is 286. The molecule has 0 bridgehead atoms. The van der Waals surface area contributed by atoms with Gasteiger partial charge in [-0.2, -0.15) is 0 Å². The van der Waals surface area contributed by atoms with Crippen LogP contribution in [0.1, 0.15) is 0 Å². The van der Waals surface area contributed by atoms with Crippen molar-refractivity contribution >= 4 is 16.4 Å². The summed E-state index contributed by atoms with van der Waals surface area (Å²) < 4.78 is 34.9. The number of hydrogen-bond donors (Lipinski definition) is 1. The van der Waals surface area contributed by atoms with Gasteiger partial charge in [-0.15, -0.1) is 0 Å². The van der Waals surface area contributed by atoms with E-state index in [0.717, 1.165) is 0 Å².